The monoisotopic (exact) mass is 339 g/mol. The molecule has 0 saturated carbocycles. The molecule has 6 heteroatoms. The first-order valence-electron chi connectivity index (χ1n) is 8.08. The summed E-state index contributed by atoms with van der Waals surface area (Å²) in [5.41, 5.74) is 0. The summed E-state index contributed by atoms with van der Waals surface area (Å²) in [5.74, 6) is 1.04. The summed E-state index contributed by atoms with van der Waals surface area (Å²) in [7, 11) is 3.61. The van der Waals surface area contributed by atoms with Crippen LogP contribution in [0.3, 0.4) is 0 Å². The summed E-state index contributed by atoms with van der Waals surface area (Å²) >= 11 is 5.85. The van der Waals surface area contributed by atoms with Gasteiger partial charge in [0.25, 0.3) is 0 Å². The molecule has 0 N–H and O–H groups in total. The fourth-order valence-corrected chi connectivity index (χ4v) is 2.64. The molecule has 1 aliphatic heterocycles. The van der Waals surface area contributed by atoms with Gasteiger partial charge in [0.2, 0.25) is 5.91 Å². The first-order valence-corrected chi connectivity index (χ1v) is 8.45. The van der Waals surface area contributed by atoms with Crippen LogP contribution in [0.25, 0.3) is 0 Å². The number of hydrogen-bond acceptors (Lipinski definition) is 4. The molecule has 0 aromatic heterocycles. The molecule has 0 atom stereocenters. The Hall–Kier alpha value is -1.30. The largest absolute Gasteiger partial charge is 0.494 e. The predicted octanol–water partition coefficient (Wildman–Crippen LogP) is 1.81. The molecule has 23 heavy (non-hydrogen) atoms. The third-order valence-corrected chi connectivity index (χ3v) is 4.28. The number of likely N-dealkylation sites (N-methyl/N-ethyl adjacent to an activating group) is 1. The molecular formula is C17H26ClN3O2. The molecule has 1 aromatic rings. The molecule has 0 unspecified atom stereocenters. The van der Waals surface area contributed by atoms with Crippen LogP contribution in [-0.2, 0) is 4.79 Å². The summed E-state index contributed by atoms with van der Waals surface area (Å²) in [4.78, 5) is 18.0. The second-order valence-corrected chi connectivity index (χ2v) is 6.50. The zero-order valence-corrected chi connectivity index (χ0v) is 14.8. The molecule has 0 spiro atoms. The van der Waals surface area contributed by atoms with Crippen molar-refractivity contribution in [2.24, 2.45) is 0 Å². The van der Waals surface area contributed by atoms with Gasteiger partial charge in [-0.3, -0.25) is 9.69 Å². The van der Waals surface area contributed by atoms with Crippen molar-refractivity contribution in [1.29, 1.82) is 0 Å². The second kappa shape index (κ2) is 9.11. The number of benzene rings is 1. The number of halogens is 1. The van der Waals surface area contributed by atoms with E-state index in [1.807, 2.05) is 24.3 Å². The fraction of sp³-hybridized carbons (Fsp3) is 0.588. The third-order valence-electron chi connectivity index (χ3n) is 4.02. The van der Waals surface area contributed by atoms with Gasteiger partial charge in [0, 0.05) is 51.8 Å². The van der Waals surface area contributed by atoms with E-state index in [1.54, 1.807) is 19.0 Å². The maximum Gasteiger partial charge on any atom is 0.236 e. The van der Waals surface area contributed by atoms with Crippen LogP contribution in [0.5, 0.6) is 5.75 Å². The SMILES string of the molecule is CN(C)C(=O)CN1CCN(CCCOc2ccc(Cl)cc2)CC1. The molecule has 0 aliphatic carbocycles. The van der Waals surface area contributed by atoms with Gasteiger partial charge in [-0.25, -0.2) is 0 Å². The van der Waals surface area contributed by atoms with Crippen molar-refractivity contribution in [3.8, 4) is 5.75 Å². The minimum atomic E-state index is 0.176. The highest BCUT2D eigenvalue weighted by Crippen LogP contribution is 2.15. The highest BCUT2D eigenvalue weighted by atomic mass is 35.5. The number of carbonyl (C=O) groups excluding carboxylic acids is 1. The number of amides is 1. The lowest BCUT2D eigenvalue weighted by Gasteiger charge is -2.34. The highest BCUT2D eigenvalue weighted by molar-refractivity contribution is 6.30. The molecule has 0 bridgehead atoms. The van der Waals surface area contributed by atoms with Gasteiger partial charge in [0.15, 0.2) is 0 Å². The molecule has 1 saturated heterocycles. The number of ether oxygens (including phenoxy) is 1. The normalized spacial score (nSPS) is 16.3. The molecule has 1 aromatic carbocycles. The first kappa shape index (κ1) is 18.0. The van der Waals surface area contributed by atoms with Crippen molar-refractivity contribution in [2.45, 2.75) is 6.42 Å². The molecule has 1 amide bonds. The van der Waals surface area contributed by atoms with Gasteiger partial charge in [0.05, 0.1) is 13.2 Å². The highest BCUT2D eigenvalue weighted by Gasteiger charge is 2.19. The molecule has 0 radical (unpaired) electrons. The van der Waals surface area contributed by atoms with Gasteiger partial charge in [-0.15, -0.1) is 0 Å². The quantitative estimate of drug-likeness (QED) is 0.710. The average Bonchev–Trinajstić information content (AvgIpc) is 2.54. The van der Waals surface area contributed by atoms with E-state index in [2.05, 4.69) is 9.80 Å². The Morgan fingerprint density at radius 3 is 2.35 bits per heavy atom. The lowest BCUT2D eigenvalue weighted by molar-refractivity contribution is -0.130. The van der Waals surface area contributed by atoms with E-state index in [9.17, 15) is 4.79 Å². The Kier molecular flexibility index (Phi) is 7.15. The maximum absolute atomic E-state index is 11.7. The third kappa shape index (κ3) is 6.37. The summed E-state index contributed by atoms with van der Waals surface area (Å²) in [6.07, 6.45) is 0.999. The minimum Gasteiger partial charge on any atom is -0.494 e. The van der Waals surface area contributed by atoms with Crippen molar-refractivity contribution in [2.75, 3.05) is 60.0 Å². The van der Waals surface area contributed by atoms with Crippen molar-refractivity contribution in [3.63, 3.8) is 0 Å². The molecule has 2 rings (SSSR count). The smallest absolute Gasteiger partial charge is 0.236 e. The lowest BCUT2D eigenvalue weighted by Crippen LogP contribution is -2.49. The first-order chi connectivity index (χ1) is 11.0. The van der Waals surface area contributed by atoms with Crippen LogP contribution < -0.4 is 4.74 Å². The number of nitrogens with zero attached hydrogens (tertiary/aromatic N) is 3. The van der Waals surface area contributed by atoms with Crippen LogP contribution in [0.2, 0.25) is 5.02 Å². The molecule has 1 aliphatic rings. The standard InChI is InChI=1S/C17H26ClN3O2/c1-19(2)17(22)14-21-11-9-20(10-12-21)8-3-13-23-16-6-4-15(18)5-7-16/h4-7H,3,8-14H2,1-2H3. The Bertz CT molecular complexity index is 485. The zero-order chi connectivity index (χ0) is 16.7. The van der Waals surface area contributed by atoms with Gasteiger partial charge < -0.3 is 14.5 Å². The summed E-state index contributed by atoms with van der Waals surface area (Å²) in [6.45, 7) is 6.21. The van der Waals surface area contributed by atoms with Crippen LogP contribution in [0.4, 0.5) is 0 Å². The Morgan fingerprint density at radius 1 is 1.13 bits per heavy atom. The molecule has 5 nitrogen and oxygen atoms in total. The van der Waals surface area contributed by atoms with E-state index in [0.29, 0.717) is 13.2 Å². The van der Waals surface area contributed by atoms with Crippen LogP contribution in [0.15, 0.2) is 24.3 Å². The number of hydrogen-bond donors (Lipinski definition) is 0. The topological polar surface area (TPSA) is 36.0 Å². The van der Waals surface area contributed by atoms with E-state index < -0.39 is 0 Å². The van der Waals surface area contributed by atoms with Gasteiger partial charge >= 0.3 is 0 Å². The zero-order valence-electron chi connectivity index (χ0n) is 14.0. The predicted molar refractivity (Wildman–Crippen MR) is 93.1 cm³/mol. The number of carbonyl (C=O) groups is 1. The lowest BCUT2D eigenvalue weighted by atomic mass is 10.3. The Labute approximate surface area is 143 Å². The average molecular weight is 340 g/mol. The van der Waals surface area contributed by atoms with Crippen molar-refractivity contribution in [3.05, 3.63) is 29.3 Å². The van der Waals surface area contributed by atoms with Crippen molar-refractivity contribution in [1.82, 2.24) is 14.7 Å². The summed E-state index contributed by atoms with van der Waals surface area (Å²) in [5, 5.41) is 0.725. The molecule has 1 heterocycles. The van der Waals surface area contributed by atoms with E-state index in [4.69, 9.17) is 16.3 Å². The Morgan fingerprint density at radius 2 is 1.74 bits per heavy atom. The summed E-state index contributed by atoms with van der Waals surface area (Å²) in [6, 6.07) is 7.46. The van der Waals surface area contributed by atoms with Gasteiger partial charge in [-0.05, 0) is 30.7 Å². The summed E-state index contributed by atoms with van der Waals surface area (Å²) < 4.78 is 5.71. The second-order valence-electron chi connectivity index (χ2n) is 6.06. The van der Waals surface area contributed by atoms with Crippen LogP contribution in [0.1, 0.15) is 6.42 Å². The van der Waals surface area contributed by atoms with Crippen LogP contribution in [0, 0.1) is 0 Å². The van der Waals surface area contributed by atoms with E-state index in [0.717, 1.165) is 49.9 Å². The number of rotatable bonds is 7. The van der Waals surface area contributed by atoms with Crippen molar-refractivity contribution >= 4 is 17.5 Å². The van der Waals surface area contributed by atoms with Gasteiger partial charge in [-0.1, -0.05) is 11.6 Å². The Balaban J connectivity index is 1.58. The maximum atomic E-state index is 11.7. The molecular weight excluding hydrogens is 314 g/mol. The number of piperazine rings is 1. The van der Waals surface area contributed by atoms with E-state index in [1.165, 1.54) is 0 Å². The van der Waals surface area contributed by atoms with Gasteiger partial charge in [0.1, 0.15) is 5.75 Å². The van der Waals surface area contributed by atoms with Crippen molar-refractivity contribution < 1.29 is 9.53 Å². The molecule has 128 valence electrons. The van der Waals surface area contributed by atoms with Gasteiger partial charge in [-0.2, -0.15) is 0 Å². The van der Waals surface area contributed by atoms with E-state index >= 15 is 0 Å². The van der Waals surface area contributed by atoms with E-state index in [-0.39, 0.29) is 5.91 Å². The molecule has 1 fully saturated rings. The van der Waals surface area contributed by atoms with Crippen LogP contribution >= 0.6 is 11.6 Å². The fourth-order valence-electron chi connectivity index (χ4n) is 2.51. The minimum absolute atomic E-state index is 0.176. The van der Waals surface area contributed by atoms with Crippen LogP contribution in [-0.4, -0.2) is 80.6 Å².